The van der Waals surface area contributed by atoms with Crippen LogP contribution in [0.15, 0.2) is 18.2 Å². The van der Waals surface area contributed by atoms with Crippen LogP contribution in [-0.2, 0) is 6.61 Å². The molecule has 0 aliphatic carbocycles. The molecule has 2 aromatic rings. The number of aromatic nitrogens is 2. The van der Waals surface area contributed by atoms with Gasteiger partial charge in [-0.2, -0.15) is 5.26 Å². The van der Waals surface area contributed by atoms with Crippen molar-refractivity contribution in [3.63, 3.8) is 0 Å². The molecule has 0 saturated carbocycles. The van der Waals surface area contributed by atoms with Crippen LogP contribution in [0, 0.1) is 21.4 Å². The van der Waals surface area contributed by atoms with E-state index < -0.39 is 4.92 Å². The predicted octanol–water partition coefficient (Wildman–Crippen LogP) is 2.55. The highest BCUT2D eigenvalue weighted by molar-refractivity contribution is 7.10. The van der Waals surface area contributed by atoms with Crippen molar-refractivity contribution in [3.05, 3.63) is 43.9 Å². The SMILES string of the molecule is N#Cc1ccc(OCc2nnsc2Cl)c([N+](=O)[O-])c1. The minimum Gasteiger partial charge on any atom is -0.480 e. The maximum absolute atomic E-state index is 10.9. The Bertz CT molecular complexity index is 667. The van der Waals surface area contributed by atoms with Gasteiger partial charge in [0.15, 0.2) is 5.75 Å². The second kappa shape index (κ2) is 5.60. The lowest BCUT2D eigenvalue weighted by Crippen LogP contribution is -2.00. The molecule has 0 bridgehead atoms. The summed E-state index contributed by atoms with van der Waals surface area (Å²) in [4.78, 5) is 10.3. The Morgan fingerprint density at radius 2 is 2.37 bits per heavy atom. The average Bonchev–Trinajstić information content (AvgIpc) is 2.81. The summed E-state index contributed by atoms with van der Waals surface area (Å²) in [5, 5.41) is 23.3. The molecule has 0 spiro atoms. The van der Waals surface area contributed by atoms with E-state index in [4.69, 9.17) is 21.6 Å². The molecule has 1 aromatic heterocycles. The van der Waals surface area contributed by atoms with Crippen LogP contribution < -0.4 is 4.74 Å². The molecule has 0 saturated heterocycles. The summed E-state index contributed by atoms with van der Waals surface area (Å²) < 4.78 is 9.29. The Labute approximate surface area is 116 Å². The second-order valence-corrected chi connectivity index (χ2v) is 4.69. The van der Waals surface area contributed by atoms with Crippen LogP contribution in [0.2, 0.25) is 4.34 Å². The first-order valence-corrected chi connectivity index (χ1v) is 6.05. The summed E-state index contributed by atoms with van der Waals surface area (Å²) in [6.45, 7) is -0.0257. The van der Waals surface area contributed by atoms with Gasteiger partial charge in [0.25, 0.3) is 0 Å². The van der Waals surface area contributed by atoms with E-state index in [9.17, 15) is 10.1 Å². The number of halogens is 1. The molecule has 0 aliphatic rings. The third-order valence-corrected chi connectivity index (χ3v) is 3.14. The van der Waals surface area contributed by atoms with Gasteiger partial charge in [-0.3, -0.25) is 10.1 Å². The van der Waals surface area contributed by atoms with Crippen LogP contribution in [0.1, 0.15) is 11.3 Å². The first-order valence-electron chi connectivity index (χ1n) is 4.90. The van der Waals surface area contributed by atoms with E-state index in [1.54, 1.807) is 0 Å². The fraction of sp³-hybridized carbons (Fsp3) is 0.100. The van der Waals surface area contributed by atoms with Crippen LogP contribution in [-0.4, -0.2) is 14.5 Å². The normalized spacial score (nSPS) is 9.89. The van der Waals surface area contributed by atoms with Gasteiger partial charge in [0, 0.05) is 17.6 Å². The Morgan fingerprint density at radius 1 is 1.58 bits per heavy atom. The molecule has 96 valence electrons. The van der Waals surface area contributed by atoms with Gasteiger partial charge < -0.3 is 4.74 Å². The van der Waals surface area contributed by atoms with Gasteiger partial charge in [-0.05, 0) is 12.1 Å². The van der Waals surface area contributed by atoms with Crippen molar-refractivity contribution in [2.75, 3.05) is 0 Å². The quantitative estimate of drug-likeness (QED) is 0.634. The Balaban J connectivity index is 2.23. The number of nitrogens with zero attached hydrogens (tertiary/aromatic N) is 4. The van der Waals surface area contributed by atoms with Crippen molar-refractivity contribution in [1.29, 1.82) is 5.26 Å². The Hall–Kier alpha value is -2.24. The molecule has 0 unspecified atom stereocenters. The van der Waals surface area contributed by atoms with Gasteiger partial charge in [-0.1, -0.05) is 16.1 Å². The zero-order valence-corrected chi connectivity index (χ0v) is 10.8. The molecule has 1 aromatic carbocycles. The van der Waals surface area contributed by atoms with Crippen molar-refractivity contribution >= 4 is 28.8 Å². The summed E-state index contributed by atoms with van der Waals surface area (Å²) in [6, 6.07) is 5.77. The fourth-order valence-corrected chi connectivity index (χ4v) is 1.88. The highest BCUT2D eigenvalue weighted by Crippen LogP contribution is 2.29. The molecule has 2 rings (SSSR count). The molecule has 1 heterocycles. The second-order valence-electron chi connectivity index (χ2n) is 3.33. The van der Waals surface area contributed by atoms with E-state index in [1.807, 2.05) is 6.07 Å². The summed E-state index contributed by atoms with van der Waals surface area (Å²) in [6.07, 6.45) is 0. The smallest absolute Gasteiger partial charge is 0.312 e. The van der Waals surface area contributed by atoms with Crippen LogP contribution >= 0.6 is 23.1 Å². The Kier molecular flexibility index (Phi) is 3.89. The number of hydrogen-bond acceptors (Lipinski definition) is 7. The lowest BCUT2D eigenvalue weighted by molar-refractivity contribution is -0.386. The van der Waals surface area contributed by atoms with Crippen LogP contribution in [0.5, 0.6) is 5.75 Å². The van der Waals surface area contributed by atoms with Gasteiger partial charge in [-0.25, -0.2) is 0 Å². The molecule has 0 atom stereocenters. The van der Waals surface area contributed by atoms with Crippen LogP contribution in [0.25, 0.3) is 0 Å². The molecule has 9 heteroatoms. The molecule has 0 amide bonds. The number of nitriles is 1. The van der Waals surface area contributed by atoms with Crippen molar-refractivity contribution in [2.45, 2.75) is 6.61 Å². The van der Waals surface area contributed by atoms with Gasteiger partial charge in [0.2, 0.25) is 0 Å². The van der Waals surface area contributed by atoms with Gasteiger partial charge in [0.05, 0.1) is 16.6 Å². The van der Waals surface area contributed by atoms with E-state index in [-0.39, 0.29) is 23.6 Å². The third kappa shape index (κ3) is 2.96. The fourth-order valence-electron chi connectivity index (χ4n) is 1.28. The minimum absolute atomic E-state index is 0.0257. The van der Waals surface area contributed by atoms with E-state index in [2.05, 4.69) is 9.59 Å². The predicted molar refractivity (Wildman–Crippen MR) is 67.1 cm³/mol. The number of nitro benzene ring substituents is 1. The summed E-state index contributed by atoms with van der Waals surface area (Å²) in [5.41, 5.74) is 0.316. The lowest BCUT2D eigenvalue weighted by atomic mass is 10.2. The maximum Gasteiger partial charge on any atom is 0.312 e. The van der Waals surface area contributed by atoms with Crippen molar-refractivity contribution in [1.82, 2.24) is 9.59 Å². The average molecular weight is 297 g/mol. The zero-order valence-electron chi connectivity index (χ0n) is 9.24. The Morgan fingerprint density at radius 3 is 2.95 bits per heavy atom. The molecule has 0 fully saturated rings. The van der Waals surface area contributed by atoms with Crippen molar-refractivity contribution in [3.8, 4) is 11.8 Å². The minimum atomic E-state index is -0.614. The van der Waals surface area contributed by atoms with Crippen molar-refractivity contribution in [2.24, 2.45) is 0 Å². The van der Waals surface area contributed by atoms with Gasteiger partial charge in [0.1, 0.15) is 16.6 Å². The van der Waals surface area contributed by atoms with Gasteiger partial charge >= 0.3 is 5.69 Å². The van der Waals surface area contributed by atoms with Gasteiger partial charge in [-0.15, -0.1) is 5.10 Å². The molecule has 19 heavy (non-hydrogen) atoms. The number of ether oxygens (including phenoxy) is 1. The van der Waals surface area contributed by atoms with E-state index in [0.717, 1.165) is 17.6 Å². The van der Waals surface area contributed by atoms with Crippen LogP contribution in [0.3, 0.4) is 0 Å². The number of hydrogen-bond donors (Lipinski definition) is 0. The van der Waals surface area contributed by atoms with E-state index >= 15 is 0 Å². The van der Waals surface area contributed by atoms with E-state index in [0.29, 0.717) is 10.0 Å². The zero-order chi connectivity index (χ0) is 13.8. The molecule has 0 N–H and O–H groups in total. The van der Waals surface area contributed by atoms with E-state index in [1.165, 1.54) is 12.1 Å². The molecule has 7 nitrogen and oxygen atoms in total. The highest BCUT2D eigenvalue weighted by atomic mass is 35.5. The maximum atomic E-state index is 10.9. The third-order valence-electron chi connectivity index (χ3n) is 2.16. The monoisotopic (exact) mass is 296 g/mol. The number of rotatable bonds is 4. The molecular formula is C10H5ClN4O3S. The lowest BCUT2D eigenvalue weighted by Gasteiger charge is -2.05. The number of nitro groups is 1. The topological polar surface area (TPSA) is 102 Å². The highest BCUT2D eigenvalue weighted by Gasteiger charge is 2.17. The summed E-state index contributed by atoms with van der Waals surface area (Å²) in [5.74, 6) is 0.0491. The number of benzene rings is 1. The summed E-state index contributed by atoms with van der Waals surface area (Å²) in [7, 11) is 0. The first kappa shape index (κ1) is 13.2. The molecule has 0 aliphatic heterocycles. The molecular weight excluding hydrogens is 292 g/mol. The summed E-state index contributed by atoms with van der Waals surface area (Å²) >= 11 is 6.80. The standard InChI is InChI=1S/C10H5ClN4O3S/c11-10-7(13-14-19-10)5-18-9-2-1-6(4-12)3-8(9)15(16)17/h1-3H,5H2. The largest absolute Gasteiger partial charge is 0.480 e. The van der Waals surface area contributed by atoms with Crippen molar-refractivity contribution < 1.29 is 9.66 Å². The first-order chi connectivity index (χ1) is 9.11. The molecule has 0 radical (unpaired) electrons. The van der Waals surface area contributed by atoms with Crippen LogP contribution in [0.4, 0.5) is 5.69 Å².